The van der Waals surface area contributed by atoms with Gasteiger partial charge in [0.2, 0.25) is 11.8 Å². The molecule has 0 aliphatic carbocycles. The van der Waals surface area contributed by atoms with Crippen molar-refractivity contribution in [3.8, 4) is 0 Å². The molecule has 0 spiro atoms. The molecule has 2 amide bonds. The summed E-state index contributed by atoms with van der Waals surface area (Å²) in [6.45, 7) is 3.49. The van der Waals surface area contributed by atoms with Gasteiger partial charge in [-0.25, -0.2) is 0 Å². The summed E-state index contributed by atoms with van der Waals surface area (Å²) in [4.78, 5) is 28.5. The van der Waals surface area contributed by atoms with Gasteiger partial charge in [-0.05, 0) is 62.8 Å². The predicted octanol–water partition coefficient (Wildman–Crippen LogP) is 3.44. The maximum absolute atomic E-state index is 12.3. The molecule has 1 fully saturated rings. The van der Waals surface area contributed by atoms with E-state index in [1.165, 1.54) is 18.4 Å². The number of nitrogens with one attached hydrogen (secondary N) is 2. The zero-order chi connectivity index (χ0) is 20.6. The number of likely N-dealkylation sites (N-methyl/N-ethyl adjacent to an activating group) is 1. The van der Waals surface area contributed by atoms with E-state index in [2.05, 4.69) is 27.7 Å². The predicted molar refractivity (Wildman–Crippen MR) is 117 cm³/mol. The van der Waals surface area contributed by atoms with Crippen LogP contribution in [0, 0.1) is 0 Å². The lowest BCUT2D eigenvalue weighted by Gasteiger charge is -2.17. The van der Waals surface area contributed by atoms with Gasteiger partial charge in [-0.3, -0.25) is 19.4 Å². The van der Waals surface area contributed by atoms with Crippen LogP contribution in [-0.4, -0.2) is 54.8 Å². The maximum Gasteiger partial charge on any atom is 0.238 e. The summed E-state index contributed by atoms with van der Waals surface area (Å²) >= 11 is 6.04. The smallest absolute Gasteiger partial charge is 0.238 e. The summed E-state index contributed by atoms with van der Waals surface area (Å²) in [6, 6.07) is 15.0. The summed E-state index contributed by atoms with van der Waals surface area (Å²) in [6.07, 6.45) is 2.55. The van der Waals surface area contributed by atoms with Crippen LogP contribution >= 0.6 is 11.6 Å². The van der Waals surface area contributed by atoms with Crippen LogP contribution in [0.5, 0.6) is 0 Å². The second-order valence-corrected chi connectivity index (χ2v) is 7.84. The van der Waals surface area contributed by atoms with Gasteiger partial charge >= 0.3 is 0 Å². The molecule has 154 valence electrons. The quantitative estimate of drug-likeness (QED) is 0.694. The Kier molecular flexibility index (Phi) is 7.63. The number of nitrogens with zero attached hydrogens (tertiary/aromatic N) is 2. The third-order valence-electron chi connectivity index (χ3n) is 4.82. The number of amides is 2. The highest BCUT2D eigenvalue weighted by Gasteiger charge is 2.13. The van der Waals surface area contributed by atoms with Crippen LogP contribution in [0.2, 0.25) is 5.02 Å². The molecule has 1 saturated heterocycles. The van der Waals surface area contributed by atoms with Crippen LogP contribution in [0.25, 0.3) is 0 Å². The molecule has 2 aromatic rings. The molecular formula is C22H27ClN4O2. The first-order valence-electron chi connectivity index (χ1n) is 9.83. The summed E-state index contributed by atoms with van der Waals surface area (Å²) < 4.78 is 0. The average Bonchev–Trinajstić information content (AvgIpc) is 3.18. The first kappa shape index (κ1) is 21.3. The third-order valence-corrected chi connectivity index (χ3v) is 5.15. The van der Waals surface area contributed by atoms with Crippen molar-refractivity contribution < 1.29 is 9.59 Å². The molecular weight excluding hydrogens is 388 g/mol. The van der Waals surface area contributed by atoms with Gasteiger partial charge in [0.1, 0.15) is 0 Å². The molecule has 0 bridgehead atoms. The highest BCUT2D eigenvalue weighted by atomic mass is 35.5. The van der Waals surface area contributed by atoms with Crippen molar-refractivity contribution in [1.82, 2.24) is 9.80 Å². The van der Waals surface area contributed by atoms with Crippen molar-refractivity contribution in [2.75, 3.05) is 43.9 Å². The first-order chi connectivity index (χ1) is 14.0. The lowest BCUT2D eigenvalue weighted by Crippen LogP contribution is -2.36. The molecule has 1 aliphatic heterocycles. The molecule has 1 aliphatic rings. The number of para-hydroxylation sites is 1. The standard InChI is InChI=1S/C22H27ClN4O2/c1-26(16-22(29)25-20-7-3-2-6-19(20)23)15-21(28)24-18-10-8-17(9-11-18)14-27-12-4-5-13-27/h2-3,6-11H,4-5,12-16H2,1H3,(H,24,28)(H,25,29). The zero-order valence-corrected chi connectivity index (χ0v) is 17.4. The van der Waals surface area contributed by atoms with Gasteiger partial charge in [0.05, 0.1) is 23.8 Å². The van der Waals surface area contributed by atoms with Gasteiger partial charge in [-0.15, -0.1) is 0 Å². The van der Waals surface area contributed by atoms with Crippen molar-refractivity contribution in [3.05, 3.63) is 59.1 Å². The van der Waals surface area contributed by atoms with E-state index in [4.69, 9.17) is 11.6 Å². The molecule has 2 N–H and O–H groups in total. The molecule has 1 heterocycles. The van der Waals surface area contributed by atoms with Gasteiger partial charge in [0, 0.05) is 12.2 Å². The second-order valence-electron chi connectivity index (χ2n) is 7.43. The van der Waals surface area contributed by atoms with E-state index in [1.807, 2.05) is 12.1 Å². The van der Waals surface area contributed by atoms with Crippen LogP contribution in [0.3, 0.4) is 0 Å². The van der Waals surface area contributed by atoms with E-state index in [0.717, 1.165) is 25.3 Å². The number of rotatable bonds is 8. The van der Waals surface area contributed by atoms with Crippen molar-refractivity contribution in [2.45, 2.75) is 19.4 Å². The number of likely N-dealkylation sites (tertiary alicyclic amines) is 1. The molecule has 7 heteroatoms. The molecule has 0 unspecified atom stereocenters. The van der Waals surface area contributed by atoms with Crippen LogP contribution < -0.4 is 10.6 Å². The highest BCUT2D eigenvalue weighted by Crippen LogP contribution is 2.20. The number of anilines is 2. The van der Waals surface area contributed by atoms with Gasteiger partial charge in [0.15, 0.2) is 0 Å². The fraction of sp³-hybridized carbons (Fsp3) is 0.364. The van der Waals surface area contributed by atoms with Gasteiger partial charge in [0.25, 0.3) is 0 Å². The number of hydrogen-bond donors (Lipinski definition) is 2. The Bertz CT molecular complexity index is 835. The van der Waals surface area contributed by atoms with Crippen molar-refractivity contribution in [3.63, 3.8) is 0 Å². The lowest BCUT2D eigenvalue weighted by molar-refractivity contribution is -0.119. The fourth-order valence-corrected chi connectivity index (χ4v) is 3.57. The zero-order valence-electron chi connectivity index (χ0n) is 16.7. The minimum atomic E-state index is -0.223. The molecule has 29 heavy (non-hydrogen) atoms. The summed E-state index contributed by atoms with van der Waals surface area (Å²) in [7, 11) is 1.73. The summed E-state index contributed by atoms with van der Waals surface area (Å²) in [5.41, 5.74) is 2.57. The molecule has 3 rings (SSSR count). The topological polar surface area (TPSA) is 64.7 Å². The van der Waals surface area contributed by atoms with Crippen LogP contribution in [-0.2, 0) is 16.1 Å². The van der Waals surface area contributed by atoms with Gasteiger partial charge in [-0.2, -0.15) is 0 Å². The van der Waals surface area contributed by atoms with Crippen LogP contribution in [0.4, 0.5) is 11.4 Å². The Morgan fingerprint density at radius 1 is 0.966 bits per heavy atom. The number of carbonyl (C=O) groups excluding carboxylic acids is 2. The van der Waals surface area contributed by atoms with E-state index in [0.29, 0.717) is 10.7 Å². The monoisotopic (exact) mass is 414 g/mol. The van der Waals surface area contributed by atoms with Crippen molar-refractivity contribution in [2.24, 2.45) is 0 Å². The highest BCUT2D eigenvalue weighted by molar-refractivity contribution is 6.33. The summed E-state index contributed by atoms with van der Waals surface area (Å²) in [5, 5.41) is 6.11. The molecule has 0 radical (unpaired) electrons. The Labute approximate surface area is 176 Å². The molecule has 6 nitrogen and oxygen atoms in total. The molecule has 2 aromatic carbocycles. The average molecular weight is 415 g/mol. The lowest BCUT2D eigenvalue weighted by atomic mass is 10.2. The van der Waals surface area contributed by atoms with Crippen molar-refractivity contribution >= 4 is 34.8 Å². The number of carbonyl (C=O) groups is 2. The number of benzene rings is 2. The summed E-state index contributed by atoms with van der Waals surface area (Å²) in [5.74, 6) is -0.384. The maximum atomic E-state index is 12.3. The second kappa shape index (κ2) is 10.4. The normalized spacial score (nSPS) is 14.2. The molecule has 0 atom stereocenters. The SMILES string of the molecule is CN(CC(=O)Nc1ccc(CN2CCCC2)cc1)CC(=O)Nc1ccccc1Cl. The Morgan fingerprint density at radius 3 is 2.24 bits per heavy atom. The number of hydrogen-bond acceptors (Lipinski definition) is 4. The third kappa shape index (κ3) is 6.85. The van der Waals surface area contributed by atoms with E-state index in [1.54, 1.807) is 36.2 Å². The van der Waals surface area contributed by atoms with E-state index >= 15 is 0 Å². The van der Waals surface area contributed by atoms with Gasteiger partial charge < -0.3 is 10.6 Å². The fourth-order valence-electron chi connectivity index (χ4n) is 3.39. The van der Waals surface area contributed by atoms with E-state index in [-0.39, 0.29) is 24.9 Å². The van der Waals surface area contributed by atoms with Crippen molar-refractivity contribution in [1.29, 1.82) is 0 Å². The van der Waals surface area contributed by atoms with E-state index < -0.39 is 0 Å². The van der Waals surface area contributed by atoms with Crippen LogP contribution in [0.15, 0.2) is 48.5 Å². The van der Waals surface area contributed by atoms with Crippen LogP contribution in [0.1, 0.15) is 18.4 Å². The molecule has 0 aromatic heterocycles. The van der Waals surface area contributed by atoms with Gasteiger partial charge in [-0.1, -0.05) is 35.9 Å². The Hall–Kier alpha value is -2.41. The minimum Gasteiger partial charge on any atom is -0.325 e. The van der Waals surface area contributed by atoms with E-state index in [9.17, 15) is 9.59 Å². The minimum absolute atomic E-state index is 0.0907. The number of halogens is 1. The Morgan fingerprint density at radius 2 is 1.59 bits per heavy atom. The largest absolute Gasteiger partial charge is 0.325 e. The Balaban J connectivity index is 1.42. The molecule has 0 saturated carbocycles. The first-order valence-corrected chi connectivity index (χ1v) is 10.2.